The molecule has 5 aromatic rings. The van der Waals surface area contributed by atoms with Crippen molar-refractivity contribution in [3.63, 3.8) is 0 Å². The number of aromatic nitrogens is 4. The van der Waals surface area contributed by atoms with Gasteiger partial charge in [-0.1, -0.05) is 36.4 Å². The van der Waals surface area contributed by atoms with Crippen molar-refractivity contribution in [3.8, 4) is 10.4 Å². The molecular formula is C40H46FN7O4S. The van der Waals surface area contributed by atoms with Crippen molar-refractivity contribution in [2.75, 3.05) is 46.8 Å². The summed E-state index contributed by atoms with van der Waals surface area (Å²) in [6, 6.07) is 16.6. The first kappa shape index (κ1) is 36.6. The molecule has 4 aromatic heterocycles. The molecule has 0 bridgehead atoms. The SMILES string of the molecule is Cc1ccc(-c2cc(F)c(C(=O)N3CC[C@@H](C(=O)N4CCC(O)(Cn5cnc6c(ccn6CCCN(C)C)c5=O)CC4)[C@H](c4ccccc4)C3)s2)cn1. The number of aliphatic hydroxyl groups is 1. The highest BCUT2D eigenvalue weighted by Crippen LogP contribution is 2.38. The molecule has 2 atom stereocenters. The average Bonchev–Trinajstić information content (AvgIpc) is 3.76. The number of benzene rings is 1. The van der Waals surface area contributed by atoms with E-state index in [1.165, 1.54) is 17.0 Å². The summed E-state index contributed by atoms with van der Waals surface area (Å²) in [7, 11) is 4.06. The number of fused-ring (bicyclic) bond motifs is 1. The third-order valence-electron chi connectivity index (χ3n) is 10.7. The van der Waals surface area contributed by atoms with Gasteiger partial charge in [0.15, 0.2) is 0 Å². The Morgan fingerprint density at radius 3 is 2.51 bits per heavy atom. The molecule has 6 heterocycles. The van der Waals surface area contributed by atoms with E-state index in [4.69, 9.17) is 0 Å². The van der Waals surface area contributed by atoms with Gasteiger partial charge in [0, 0.05) is 73.1 Å². The maximum Gasteiger partial charge on any atom is 0.266 e. The quantitative estimate of drug-likeness (QED) is 0.214. The lowest BCUT2D eigenvalue weighted by Gasteiger charge is -2.43. The second-order valence-corrected chi connectivity index (χ2v) is 15.8. The van der Waals surface area contributed by atoms with Crippen LogP contribution in [0.3, 0.4) is 0 Å². The number of thiophene rings is 1. The summed E-state index contributed by atoms with van der Waals surface area (Å²) >= 11 is 1.12. The van der Waals surface area contributed by atoms with Crippen molar-refractivity contribution in [1.82, 2.24) is 33.8 Å². The van der Waals surface area contributed by atoms with E-state index in [-0.39, 0.29) is 47.2 Å². The summed E-state index contributed by atoms with van der Waals surface area (Å²) in [5.41, 5.74) is 1.84. The molecule has 2 saturated heterocycles. The van der Waals surface area contributed by atoms with Gasteiger partial charge in [-0.25, -0.2) is 9.37 Å². The largest absolute Gasteiger partial charge is 0.388 e. The van der Waals surface area contributed by atoms with Crippen LogP contribution in [-0.2, 0) is 17.9 Å². The third kappa shape index (κ3) is 7.83. The van der Waals surface area contributed by atoms with Crippen molar-refractivity contribution in [2.45, 2.75) is 57.2 Å². The normalized spacial score (nSPS) is 18.9. The zero-order chi connectivity index (χ0) is 37.3. The van der Waals surface area contributed by atoms with Gasteiger partial charge in [0.25, 0.3) is 11.5 Å². The maximum absolute atomic E-state index is 15.2. The van der Waals surface area contributed by atoms with Gasteiger partial charge < -0.3 is 24.4 Å². The molecule has 13 heteroatoms. The Balaban J connectivity index is 1.02. The van der Waals surface area contributed by atoms with Crippen LogP contribution in [0, 0.1) is 18.7 Å². The number of rotatable bonds is 10. The number of nitrogens with zero attached hydrogens (tertiary/aromatic N) is 7. The molecule has 2 fully saturated rings. The minimum absolute atomic E-state index is 0.0136. The average molecular weight is 740 g/mol. The van der Waals surface area contributed by atoms with Crippen LogP contribution in [-0.4, -0.2) is 103 Å². The summed E-state index contributed by atoms with van der Waals surface area (Å²) in [6.45, 7) is 4.97. The van der Waals surface area contributed by atoms with Crippen molar-refractivity contribution < 1.29 is 19.1 Å². The highest BCUT2D eigenvalue weighted by Gasteiger charge is 2.42. The van der Waals surface area contributed by atoms with E-state index in [0.717, 1.165) is 47.7 Å². The molecule has 53 heavy (non-hydrogen) atoms. The van der Waals surface area contributed by atoms with Crippen LogP contribution in [0.15, 0.2) is 78.1 Å². The van der Waals surface area contributed by atoms with E-state index in [1.807, 2.05) is 79.1 Å². The maximum atomic E-state index is 15.2. The number of amides is 2. The van der Waals surface area contributed by atoms with Crippen LogP contribution in [0.1, 0.15) is 52.5 Å². The number of aryl methyl sites for hydroxylation is 2. The Morgan fingerprint density at radius 2 is 1.79 bits per heavy atom. The zero-order valence-electron chi connectivity index (χ0n) is 30.4. The Morgan fingerprint density at radius 1 is 1.02 bits per heavy atom. The number of carbonyl (C=O) groups is 2. The standard InChI is InChI=1S/C40H46FN7O4S/c1-27-10-11-29(23-42-27)34-22-33(41)35(53-34)39(51)47-19-12-30(32(24-47)28-8-5-4-6-9-28)37(49)46-20-14-40(52,15-21-46)25-48-26-43-36-31(38(48)50)13-18-45(36)17-7-16-44(2)3/h4-6,8-11,13,18,22-23,26,30,32,52H,7,12,14-17,19-21,24-25H2,1-3H3/t30-,32+/m1/s1. The molecule has 0 radical (unpaired) electrons. The fourth-order valence-corrected chi connectivity index (χ4v) is 8.69. The second kappa shape index (κ2) is 15.3. The van der Waals surface area contributed by atoms with Crippen molar-refractivity contribution in [2.24, 2.45) is 5.92 Å². The van der Waals surface area contributed by atoms with Crippen molar-refractivity contribution in [3.05, 3.63) is 106 Å². The highest BCUT2D eigenvalue weighted by atomic mass is 32.1. The summed E-state index contributed by atoms with van der Waals surface area (Å²) in [4.78, 5) is 56.6. The number of pyridine rings is 1. The molecule has 2 aliphatic rings. The van der Waals surface area contributed by atoms with Gasteiger partial charge in [-0.15, -0.1) is 11.3 Å². The van der Waals surface area contributed by atoms with Crippen molar-refractivity contribution in [1.29, 1.82) is 0 Å². The lowest BCUT2D eigenvalue weighted by atomic mass is 9.79. The lowest BCUT2D eigenvalue weighted by Crippen LogP contribution is -2.53. The lowest BCUT2D eigenvalue weighted by molar-refractivity contribution is -0.142. The first-order valence-electron chi connectivity index (χ1n) is 18.3. The van der Waals surface area contributed by atoms with E-state index >= 15 is 4.39 Å². The molecule has 0 saturated carbocycles. The van der Waals surface area contributed by atoms with Crippen molar-refractivity contribution >= 4 is 34.2 Å². The van der Waals surface area contributed by atoms with E-state index < -0.39 is 11.4 Å². The van der Waals surface area contributed by atoms with Gasteiger partial charge >= 0.3 is 0 Å². The van der Waals surface area contributed by atoms with Crippen LogP contribution in [0.2, 0.25) is 0 Å². The number of halogens is 1. The molecule has 1 aromatic carbocycles. The first-order valence-corrected chi connectivity index (χ1v) is 19.1. The minimum Gasteiger partial charge on any atom is -0.388 e. The Hall–Kier alpha value is -4.72. The molecule has 2 amide bonds. The van der Waals surface area contributed by atoms with Crippen LogP contribution in [0.25, 0.3) is 21.5 Å². The topological polar surface area (TPSA) is 117 Å². The predicted molar refractivity (Wildman–Crippen MR) is 203 cm³/mol. The van der Waals surface area contributed by atoms with E-state index in [1.54, 1.807) is 17.2 Å². The number of hydrogen-bond acceptors (Lipinski definition) is 8. The Bertz CT molecular complexity index is 2140. The van der Waals surface area contributed by atoms with Gasteiger partial charge in [-0.2, -0.15) is 0 Å². The summed E-state index contributed by atoms with van der Waals surface area (Å²) in [6.07, 6.45) is 7.09. The Kier molecular flexibility index (Phi) is 10.6. The third-order valence-corrected chi connectivity index (χ3v) is 11.9. The van der Waals surface area contributed by atoms with Crippen LogP contribution >= 0.6 is 11.3 Å². The summed E-state index contributed by atoms with van der Waals surface area (Å²) in [5.74, 6) is -1.61. The Labute approximate surface area is 312 Å². The predicted octanol–water partition coefficient (Wildman–Crippen LogP) is 5.02. The smallest absolute Gasteiger partial charge is 0.266 e. The number of likely N-dealkylation sites (tertiary alicyclic amines) is 2. The second-order valence-electron chi connectivity index (χ2n) is 14.8. The molecule has 7 rings (SSSR count). The van der Waals surface area contributed by atoms with E-state index in [9.17, 15) is 19.5 Å². The summed E-state index contributed by atoms with van der Waals surface area (Å²) in [5, 5.41) is 12.2. The molecule has 1 N–H and O–H groups in total. The van der Waals surface area contributed by atoms with Crippen LogP contribution in [0.4, 0.5) is 4.39 Å². The van der Waals surface area contributed by atoms with Gasteiger partial charge in [0.2, 0.25) is 5.91 Å². The molecular weight excluding hydrogens is 694 g/mol. The van der Waals surface area contributed by atoms with Gasteiger partial charge in [-0.3, -0.25) is 23.9 Å². The first-order chi connectivity index (χ1) is 25.5. The number of piperidine rings is 2. The molecule has 0 spiro atoms. The van der Waals surface area contributed by atoms with E-state index in [0.29, 0.717) is 54.8 Å². The van der Waals surface area contributed by atoms with Crippen LogP contribution in [0.5, 0.6) is 0 Å². The zero-order valence-corrected chi connectivity index (χ0v) is 31.3. The summed E-state index contributed by atoms with van der Waals surface area (Å²) < 4.78 is 18.7. The molecule has 278 valence electrons. The highest BCUT2D eigenvalue weighted by molar-refractivity contribution is 7.17. The number of hydrogen-bond donors (Lipinski definition) is 1. The molecule has 0 aliphatic carbocycles. The van der Waals surface area contributed by atoms with Crippen LogP contribution < -0.4 is 5.56 Å². The minimum atomic E-state index is -1.17. The fourth-order valence-electron chi connectivity index (χ4n) is 7.69. The van der Waals surface area contributed by atoms with E-state index in [2.05, 4.69) is 14.9 Å². The fraction of sp³-hybridized carbons (Fsp3) is 0.425. The molecule has 2 aliphatic heterocycles. The molecule has 0 unspecified atom stereocenters. The van der Waals surface area contributed by atoms with Gasteiger partial charge in [0.1, 0.15) is 22.7 Å². The van der Waals surface area contributed by atoms with Gasteiger partial charge in [-0.05, 0) is 77.0 Å². The number of carbonyl (C=O) groups excluding carboxylic acids is 2. The van der Waals surface area contributed by atoms with Gasteiger partial charge in [0.05, 0.1) is 17.5 Å². The molecule has 11 nitrogen and oxygen atoms in total. The monoisotopic (exact) mass is 739 g/mol.